The normalized spacial score (nSPS) is 13.4. The number of ether oxygens (including phenoxy) is 3. The molecule has 228 valence electrons. The Kier molecular flexibility index (Phi) is 31.8. The highest BCUT2D eigenvalue weighted by atomic mass is 16.8. The van der Waals surface area contributed by atoms with Gasteiger partial charge >= 0.3 is 0 Å². The van der Waals surface area contributed by atoms with Crippen molar-refractivity contribution in [3.8, 4) is 0 Å². The number of carbonyl (C=O) groups is 2. The molecule has 0 aromatic rings. The van der Waals surface area contributed by atoms with Crippen molar-refractivity contribution in [2.24, 2.45) is 0 Å². The minimum Gasteiger partial charge on any atom is -0.349 e. The summed E-state index contributed by atoms with van der Waals surface area (Å²) in [6, 6.07) is 0. The Morgan fingerprint density at radius 3 is 1.13 bits per heavy atom. The first kappa shape index (κ1) is 37.7. The van der Waals surface area contributed by atoms with Gasteiger partial charge in [-0.15, -0.1) is 0 Å². The lowest BCUT2D eigenvalue weighted by Gasteiger charge is -2.21. The van der Waals surface area contributed by atoms with Crippen LogP contribution < -0.4 is 0 Å². The molecule has 0 radical (unpaired) electrons. The zero-order valence-corrected chi connectivity index (χ0v) is 25.6. The van der Waals surface area contributed by atoms with Gasteiger partial charge in [0.25, 0.3) is 0 Å². The molecule has 0 aliphatic heterocycles. The Labute approximate surface area is 241 Å². The van der Waals surface area contributed by atoms with Gasteiger partial charge < -0.3 is 23.8 Å². The van der Waals surface area contributed by atoms with E-state index in [0.29, 0.717) is 26.1 Å². The van der Waals surface area contributed by atoms with Crippen molar-refractivity contribution in [3.05, 3.63) is 24.3 Å². The van der Waals surface area contributed by atoms with Crippen LogP contribution in [-0.2, 0) is 23.8 Å². The quantitative estimate of drug-likeness (QED) is 0.0361. The van der Waals surface area contributed by atoms with Gasteiger partial charge in [0, 0.05) is 12.8 Å². The van der Waals surface area contributed by atoms with Gasteiger partial charge in [-0.25, -0.2) is 0 Å². The lowest BCUT2D eigenvalue weighted by molar-refractivity contribution is -0.208. The number of carbonyl (C=O) groups excluding carboxylic acids is 2. The third kappa shape index (κ3) is 29.5. The van der Waals surface area contributed by atoms with Gasteiger partial charge in [0.1, 0.15) is 12.6 Å². The third-order valence-corrected chi connectivity index (χ3v) is 6.80. The van der Waals surface area contributed by atoms with E-state index in [1.54, 1.807) is 0 Å². The smallest absolute Gasteiger partial charge is 0.180 e. The van der Waals surface area contributed by atoms with Crippen LogP contribution in [0.1, 0.15) is 155 Å². The van der Waals surface area contributed by atoms with Crippen molar-refractivity contribution in [2.45, 2.75) is 168 Å². The van der Waals surface area contributed by atoms with Crippen molar-refractivity contribution in [3.63, 3.8) is 0 Å². The lowest BCUT2D eigenvalue weighted by Crippen LogP contribution is -2.25. The highest BCUT2D eigenvalue weighted by Gasteiger charge is 2.13. The Morgan fingerprint density at radius 1 is 0.462 bits per heavy atom. The molecular formula is C34H62O5. The minimum absolute atomic E-state index is 0.384. The second-order valence-corrected chi connectivity index (χ2v) is 10.6. The molecule has 2 unspecified atom stereocenters. The lowest BCUT2D eigenvalue weighted by atomic mass is 10.1. The highest BCUT2D eigenvalue weighted by molar-refractivity contribution is 5.49. The fourth-order valence-electron chi connectivity index (χ4n) is 4.26. The van der Waals surface area contributed by atoms with E-state index in [0.717, 1.165) is 63.9 Å². The number of rotatable bonds is 32. The van der Waals surface area contributed by atoms with E-state index >= 15 is 0 Å². The van der Waals surface area contributed by atoms with E-state index < -0.39 is 0 Å². The average Bonchev–Trinajstić information content (AvgIpc) is 2.94. The van der Waals surface area contributed by atoms with Gasteiger partial charge in [0.05, 0.1) is 13.2 Å². The Morgan fingerprint density at radius 2 is 0.795 bits per heavy atom. The van der Waals surface area contributed by atoms with E-state index in [4.69, 9.17) is 14.2 Å². The first-order chi connectivity index (χ1) is 19.3. The molecule has 0 bridgehead atoms. The van der Waals surface area contributed by atoms with Crippen LogP contribution in [0.2, 0.25) is 0 Å². The maximum absolute atomic E-state index is 10.4. The topological polar surface area (TPSA) is 61.8 Å². The summed E-state index contributed by atoms with van der Waals surface area (Å²) in [5.74, 6) is 0. The standard InChI is InChI=1S/C34H62O5/c1-3-5-31-37-33(27-23-19-15-11-7-9-13-17-21-25-29-35)39-34(38-32-6-4-2)28-24-20-16-12-8-10-14-18-22-26-30-36/h23-24,27-30,33-34H,3-22,25-26,31-32H2,1-2H3. The number of hydrogen-bond donors (Lipinski definition) is 0. The molecule has 0 aromatic heterocycles. The van der Waals surface area contributed by atoms with E-state index in [1.165, 1.54) is 77.0 Å². The fourth-order valence-corrected chi connectivity index (χ4v) is 4.26. The summed E-state index contributed by atoms with van der Waals surface area (Å²) in [6.45, 7) is 5.72. The molecule has 0 saturated carbocycles. The molecule has 39 heavy (non-hydrogen) atoms. The molecule has 0 aliphatic carbocycles. The van der Waals surface area contributed by atoms with Crippen molar-refractivity contribution < 1.29 is 23.8 Å². The summed E-state index contributed by atoms with van der Waals surface area (Å²) >= 11 is 0. The third-order valence-electron chi connectivity index (χ3n) is 6.80. The van der Waals surface area contributed by atoms with Crippen LogP contribution in [0.5, 0.6) is 0 Å². The van der Waals surface area contributed by atoms with Gasteiger partial charge in [-0.1, -0.05) is 103 Å². The van der Waals surface area contributed by atoms with Gasteiger partial charge in [0.15, 0.2) is 12.6 Å². The van der Waals surface area contributed by atoms with Crippen LogP contribution >= 0.6 is 0 Å². The van der Waals surface area contributed by atoms with Crippen LogP contribution in [-0.4, -0.2) is 38.4 Å². The molecule has 0 aliphatic rings. The summed E-state index contributed by atoms with van der Waals surface area (Å²) in [5.41, 5.74) is 0. The van der Waals surface area contributed by atoms with Crippen molar-refractivity contribution in [1.29, 1.82) is 0 Å². The molecule has 0 amide bonds. The van der Waals surface area contributed by atoms with Crippen LogP contribution in [0.4, 0.5) is 0 Å². The average molecular weight is 551 g/mol. The summed E-state index contributed by atoms with van der Waals surface area (Å²) in [4.78, 5) is 20.7. The predicted molar refractivity (Wildman–Crippen MR) is 164 cm³/mol. The summed E-state index contributed by atoms with van der Waals surface area (Å²) < 4.78 is 18.4. The van der Waals surface area contributed by atoms with Crippen LogP contribution in [0.3, 0.4) is 0 Å². The van der Waals surface area contributed by atoms with E-state index in [9.17, 15) is 9.59 Å². The Bertz CT molecular complexity index is 512. The highest BCUT2D eigenvalue weighted by Crippen LogP contribution is 2.13. The van der Waals surface area contributed by atoms with Gasteiger partial charge in [-0.2, -0.15) is 0 Å². The molecule has 0 N–H and O–H groups in total. The zero-order chi connectivity index (χ0) is 28.5. The zero-order valence-electron chi connectivity index (χ0n) is 25.6. The molecule has 2 atom stereocenters. The number of allylic oxidation sites excluding steroid dienone is 2. The Balaban J connectivity index is 4.43. The van der Waals surface area contributed by atoms with Crippen LogP contribution in [0.25, 0.3) is 0 Å². The Hall–Kier alpha value is -1.30. The van der Waals surface area contributed by atoms with Crippen LogP contribution in [0.15, 0.2) is 24.3 Å². The molecule has 0 fully saturated rings. The van der Waals surface area contributed by atoms with E-state index in [2.05, 4.69) is 38.2 Å². The van der Waals surface area contributed by atoms with Crippen LogP contribution in [0, 0.1) is 0 Å². The van der Waals surface area contributed by atoms with Crippen molar-refractivity contribution in [1.82, 2.24) is 0 Å². The van der Waals surface area contributed by atoms with Crippen molar-refractivity contribution in [2.75, 3.05) is 13.2 Å². The minimum atomic E-state index is -0.384. The largest absolute Gasteiger partial charge is 0.349 e. The first-order valence-corrected chi connectivity index (χ1v) is 16.4. The first-order valence-electron chi connectivity index (χ1n) is 16.4. The van der Waals surface area contributed by atoms with Gasteiger partial charge in [0.2, 0.25) is 0 Å². The maximum Gasteiger partial charge on any atom is 0.180 e. The van der Waals surface area contributed by atoms with E-state index in [-0.39, 0.29) is 12.6 Å². The maximum atomic E-state index is 10.4. The molecule has 0 spiro atoms. The molecular weight excluding hydrogens is 488 g/mol. The van der Waals surface area contributed by atoms with Crippen molar-refractivity contribution >= 4 is 12.6 Å². The second-order valence-electron chi connectivity index (χ2n) is 10.6. The SMILES string of the molecule is CCCCOC(C=CCCCCCCCCCC=O)OC(C=CCCCCCCCCCC=O)OCCCC. The number of unbranched alkanes of at least 4 members (excludes halogenated alkanes) is 18. The van der Waals surface area contributed by atoms with Gasteiger partial charge in [-0.05, 0) is 63.5 Å². The predicted octanol–water partition coefficient (Wildman–Crippen LogP) is 9.82. The number of hydrogen-bond acceptors (Lipinski definition) is 5. The van der Waals surface area contributed by atoms with E-state index in [1.807, 2.05) is 0 Å². The molecule has 0 heterocycles. The molecule has 0 saturated heterocycles. The second kappa shape index (κ2) is 32.9. The summed E-state index contributed by atoms with van der Waals surface area (Å²) in [7, 11) is 0. The van der Waals surface area contributed by atoms with Gasteiger partial charge in [-0.3, -0.25) is 0 Å². The fraction of sp³-hybridized carbons (Fsp3) is 0.824. The number of aldehydes is 2. The molecule has 0 rings (SSSR count). The molecule has 5 heteroatoms. The molecule has 5 nitrogen and oxygen atoms in total. The summed E-state index contributed by atoms with van der Waals surface area (Å²) in [5, 5.41) is 0. The summed E-state index contributed by atoms with van der Waals surface area (Å²) in [6.07, 6.45) is 34.3. The monoisotopic (exact) mass is 550 g/mol. The molecule has 0 aromatic carbocycles.